The molecule has 0 bridgehead atoms. The lowest BCUT2D eigenvalue weighted by molar-refractivity contribution is 0.0623. The number of nitrogens with zero attached hydrogens (tertiary/aromatic N) is 4. The van der Waals surface area contributed by atoms with Gasteiger partial charge >= 0.3 is 0 Å². The van der Waals surface area contributed by atoms with Gasteiger partial charge in [0, 0.05) is 24.7 Å². The second kappa shape index (κ2) is 6.19. The third-order valence-corrected chi connectivity index (χ3v) is 5.51. The van der Waals surface area contributed by atoms with Crippen molar-refractivity contribution >= 4 is 16.9 Å². The van der Waals surface area contributed by atoms with Gasteiger partial charge in [-0.15, -0.1) is 0 Å². The van der Waals surface area contributed by atoms with Gasteiger partial charge in [0.05, 0.1) is 17.8 Å². The fourth-order valence-corrected chi connectivity index (χ4v) is 4.48. The predicted octanol–water partition coefficient (Wildman–Crippen LogP) is 3.66. The molecule has 2 atom stereocenters. The summed E-state index contributed by atoms with van der Waals surface area (Å²) in [5, 5.41) is 5.52. The van der Waals surface area contributed by atoms with Crippen LogP contribution in [0, 0.1) is 11.8 Å². The van der Waals surface area contributed by atoms with Crippen LogP contribution in [0.3, 0.4) is 0 Å². The van der Waals surface area contributed by atoms with Crippen LogP contribution < -0.4 is 0 Å². The first kappa shape index (κ1) is 15.6. The predicted molar refractivity (Wildman–Crippen MR) is 93.9 cm³/mol. The lowest BCUT2D eigenvalue weighted by Crippen LogP contribution is -2.42. The molecule has 0 aromatic carbocycles. The lowest BCUT2D eigenvalue weighted by atomic mass is 9.91. The van der Waals surface area contributed by atoms with Gasteiger partial charge in [0.2, 0.25) is 0 Å². The van der Waals surface area contributed by atoms with Crippen molar-refractivity contribution in [3.05, 3.63) is 24.0 Å². The topological polar surface area (TPSA) is 51.0 Å². The van der Waals surface area contributed by atoms with Crippen molar-refractivity contribution in [3.63, 3.8) is 0 Å². The molecule has 1 amide bonds. The van der Waals surface area contributed by atoms with E-state index in [0.717, 1.165) is 24.1 Å². The Balaban J connectivity index is 1.59. The van der Waals surface area contributed by atoms with Gasteiger partial charge in [-0.3, -0.25) is 4.79 Å². The van der Waals surface area contributed by atoms with Gasteiger partial charge in [0.15, 0.2) is 5.65 Å². The minimum atomic E-state index is 0.108. The van der Waals surface area contributed by atoms with Gasteiger partial charge < -0.3 is 4.90 Å². The summed E-state index contributed by atoms with van der Waals surface area (Å²) in [6.07, 6.45) is 9.71. The summed E-state index contributed by atoms with van der Waals surface area (Å²) in [4.78, 5) is 19.4. The molecule has 3 heterocycles. The highest BCUT2D eigenvalue weighted by atomic mass is 16.2. The molecule has 5 heteroatoms. The maximum Gasteiger partial charge on any atom is 0.255 e. The van der Waals surface area contributed by atoms with Crippen molar-refractivity contribution in [2.45, 2.75) is 52.0 Å². The molecular formula is C19H26N4O. The second-order valence-electron chi connectivity index (χ2n) is 7.82. The molecule has 2 aromatic heterocycles. The lowest BCUT2D eigenvalue weighted by Gasteiger charge is -2.35. The Labute approximate surface area is 143 Å². The van der Waals surface area contributed by atoms with Gasteiger partial charge in [0.1, 0.15) is 0 Å². The fraction of sp³-hybridized carbons (Fsp3) is 0.632. The van der Waals surface area contributed by atoms with Crippen LogP contribution in [-0.2, 0) is 0 Å². The molecule has 4 rings (SSSR count). The molecule has 1 aliphatic carbocycles. The largest absolute Gasteiger partial charge is 0.338 e. The Bertz CT molecular complexity index is 737. The fourth-order valence-electron chi connectivity index (χ4n) is 4.48. The van der Waals surface area contributed by atoms with Crippen molar-refractivity contribution in [1.29, 1.82) is 0 Å². The zero-order valence-electron chi connectivity index (χ0n) is 14.6. The Morgan fingerprint density at radius 3 is 2.54 bits per heavy atom. The molecular weight excluding hydrogens is 300 g/mol. The van der Waals surface area contributed by atoms with Crippen molar-refractivity contribution in [1.82, 2.24) is 19.7 Å². The minimum Gasteiger partial charge on any atom is -0.338 e. The van der Waals surface area contributed by atoms with Crippen molar-refractivity contribution < 1.29 is 4.79 Å². The zero-order valence-corrected chi connectivity index (χ0v) is 14.6. The van der Waals surface area contributed by atoms with Gasteiger partial charge in [-0.25, -0.2) is 9.67 Å². The van der Waals surface area contributed by atoms with Crippen LogP contribution in [0.1, 0.15) is 62.4 Å². The number of hydrogen-bond donors (Lipinski definition) is 0. The van der Waals surface area contributed by atoms with E-state index in [4.69, 9.17) is 0 Å². The van der Waals surface area contributed by atoms with Crippen molar-refractivity contribution in [3.8, 4) is 0 Å². The number of carbonyl (C=O) groups excluding carboxylic acids is 1. The monoisotopic (exact) mass is 326 g/mol. The standard InChI is InChI=1S/C19H26N4O/c1-13-7-14(2)12-22(11-13)19(24)16-8-15-10-21-23(18(15)20-9-16)17-5-3-4-6-17/h8-10,13-14,17H,3-7,11-12H2,1-2H3/t13-,14-/m1/s1. The molecule has 128 valence electrons. The maximum atomic E-state index is 12.9. The summed E-state index contributed by atoms with van der Waals surface area (Å²) in [5.41, 5.74) is 1.61. The minimum absolute atomic E-state index is 0.108. The molecule has 1 aliphatic heterocycles. The number of pyridine rings is 1. The third-order valence-electron chi connectivity index (χ3n) is 5.51. The normalized spacial score (nSPS) is 25.5. The summed E-state index contributed by atoms with van der Waals surface area (Å²) in [6, 6.07) is 2.44. The number of rotatable bonds is 2. The zero-order chi connectivity index (χ0) is 16.7. The number of carbonyl (C=O) groups is 1. The molecule has 2 aromatic rings. The molecule has 1 saturated carbocycles. The van der Waals surface area contributed by atoms with Crippen LogP contribution in [-0.4, -0.2) is 38.7 Å². The van der Waals surface area contributed by atoms with Crippen LogP contribution in [0.5, 0.6) is 0 Å². The molecule has 0 unspecified atom stereocenters. The maximum absolute atomic E-state index is 12.9. The summed E-state index contributed by atoms with van der Waals surface area (Å²) >= 11 is 0. The number of amides is 1. The summed E-state index contributed by atoms with van der Waals surface area (Å²) in [7, 11) is 0. The molecule has 0 N–H and O–H groups in total. The molecule has 2 fully saturated rings. The van der Waals surface area contributed by atoms with E-state index in [0.29, 0.717) is 23.4 Å². The Morgan fingerprint density at radius 1 is 1.12 bits per heavy atom. The highest BCUT2D eigenvalue weighted by molar-refractivity contribution is 5.96. The second-order valence-corrected chi connectivity index (χ2v) is 7.82. The van der Waals surface area contributed by atoms with E-state index in [1.807, 2.05) is 17.2 Å². The van der Waals surface area contributed by atoms with E-state index in [2.05, 4.69) is 28.6 Å². The summed E-state index contributed by atoms with van der Waals surface area (Å²) in [5.74, 6) is 1.25. The number of fused-ring (bicyclic) bond motifs is 1. The van der Waals surface area contributed by atoms with Gasteiger partial charge in [-0.2, -0.15) is 5.10 Å². The number of piperidine rings is 1. The summed E-state index contributed by atoms with van der Waals surface area (Å²) in [6.45, 7) is 6.15. The Kier molecular flexibility index (Phi) is 4.02. The van der Waals surface area contributed by atoms with E-state index in [1.165, 1.54) is 32.1 Å². The number of hydrogen-bond acceptors (Lipinski definition) is 3. The third kappa shape index (κ3) is 2.80. The smallest absolute Gasteiger partial charge is 0.255 e. The highest BCUT2D eigenvalue weighted by Crippen LogP contribution is 2.31. The molecule has 0 radical (unpaired) electrons. The molecule has 5 nitrogen and oxygen atoms in total. The summed E-state index contributed by atoms with van der Waals surface area (Å²) < 4.78 is 2.06. The Morgan fingerprint density at radius 2 is 1.83 bits per heavy atom. The van der Waals surface area contributed by atoms with E-state index >= 15 is 0 Å². The van der Waals surface area contributed by atoms with Crippen LogP contribution in [0.25, 0.3) is 11.0 Å². The average molecular weight is 326 g/mol. The van der Waals surface area contributed by atoms with E-state index < -0.39 is 0 Å². The van der Waals surface area contributed by atoms with E-state index in [1.54, 1.807) is 6.20 Å². The first-order chi connectivity index (χ1) is 11.6. The SMILES string of the molecule is C[C@@H]1C[C@@H](C)CN(C(=O)c2cnc3c(cnn3C3CCCC3)c2)C1. The number of likely N-dealkylation sites (tertiary alicyclic amines) is 1. The average Bonchev–Trinajstić information content (AvgIpc) is 3.21. The van der Waals surface area contributed by atoms with Gasteiger partial charge in [0.25, 0.3) is 5.91 Å². The quantitative estimate of drug-likeness (QED) is 0.846. The van der Waals surface area contributed by atoms with E-state index in [-0.39, 0.29) is 5.91 Å². The van der Waals surface area contributed by atoms with Crippen LogP contribution in [0.15, 0.2) is 18.5 Å². The van der Waals surface area contributed by atoms with E-state index in [9.17, 15) is 4.79 Å². The van der Waals surface area contributed by atoms with Crippen LogP contribution >= 0.6 is 0 Å². The highest BCUT2D eigenvalue weighted by Gasteiger charge is 2.27. The molecule has 1 saturated heterocycles. The van der Waals surface area contributed by atoms with Gasteiger partial charge in [-0.05, 0) is 37.2 Å². The Hall–Kier alpha value is -1.91. The molecule has 24 heavy (non-hydrogen) atoms. The van der Waals surface area contributed by atoms with Crippen molar-refractivity contribution in [2.75, 3.05) is 13.1 Å². The van der Waals surface area contributed by atoms with Crippen LogP contribution in [0.2, 0.25) is 0 Å². The first-order valence-electron chi connectivity index (χ1n) is 9.24. The first-order valence-corrected chi connectivity index (χ1v) is 9.24. The van der Waals surface area contributed by atoms with Gasteiger partial charge in [-0.1, -0.05) is 26.7 Å². The molecule has 0 spiro atoms. The molecule has 2 aliphatic rings. The van der Waals surface area contributed by atoms with Crippen LogP contribution in [0.4, 0.5) is 0 Å². The van der Waals surface area contributed by atoms with Crippen molar-refractivity contribution in [2.24, 2.45) is 11.8 Å². The number of aromatic nitrogens is 3.